The molecule has 0 aliphatic carbocycles. The summed E-state index contributed by atoms with van der Waals surface area (Å²) >= 11 is 3.16. The van der Waals surface area contributed by atoms with E-state index in [4.69, 9.17) is 10.7 Å². The van der Waals surface area contributed by atoms with Crippen LogP contribution in [0.25, 0.3) is 0 Å². The number of rotatable bonds is 4. The van der Waals surface area contributed by atoms with Crippen molar-refractivity contribution in [3.63, 3.8) is 0 Å². The second kappa shape index (κ2) is 6.09. The standard InChI is InChI=1S/C11H11BrClN3O5S/c1-6-8(12)3-9(16(18)19)11(14-6)15-4-7(2-10(15)17)5-22(13,20)21/h3,7H,2,4-5H2,1H3. The number of halogens is 2. The van der Waals surface area contributed by atoms with E-state index in [0.717, 1.165) is 4.90 Å². The number of carbonyl (C=O) groups excluding carboxylic acids is 1. The summed E-state index contributed by atoms with van der Waals surface area (Å²) in [7, 11) is 1.45. The number of anilines is 1. The van der Waals surface area contributed by atoms with Gasteiger partial charge in [-0.1, -0.05) is 0 Å². The van der Waals surface area contributed by atoms with Gasteiger partial charge in [0.05, 0.1) is 16.4 Å². The molecule has 1 aromatic rings. The van der Waals surface area contributed by atoms with E-state index in [0.29, 0.717) is 10.2 Å². The molecule has 1 atom stereocenters. The molecular weight excluding hydrogens is 402 g/mol. The molecule has 2 rings (SSSR count). The fourth-order valence-electron chi connectivity index (χ4n) is 2.27. The summed E-state index contributed by atoms with van der Waals surface area (Å²) in [4.78, 5) is 27.8. The average Bonchev–Trinajstić information content (AvgIpc) is 2.70. The quantitative estimate of drug-likeness (QED) is 0.425. The Labute approximate surface area is 139 Å². The van der Waals surface area contributed by atoms with Crippen LogP contribution in [0.5, 0.6) is 0 Å². The van der Waals surface area contributed by atoms with E-state index in [1.807, 2.05) is 0 Å². The number of pyridine rings is 1. The highest BCUT2D eigenvalue weighted by atomic mass is 79.9. The van der Waals surface area contributed by atoms with E-state index in [1.54, 1.807) is 6.92 Å². The molecule has 0 radical (unpaired) electrons. The van der Waals surface area contributed by atoms with Gasteiger partial charge in [-0.25, -0.2) is 13.4 Å². The van der Waals surface area contributed by atoms with Crippen molar-refractivity contribution in [2.24, 2.45) is 5.92 Å². The van der Waals surface area contributed by atoms with Crippen LogP contribution in [0.2, 0.25) is 0 Å². The van der Waals surface area contributed by atoms with Gasteiger partial charge >= 0.3 is 5.69 Å². The van der Waals surface area contributed by atoms with Gasteiger partial charge in [-0.2, -0.15) is 0 Å². The highest BCUT2D eigenvalue weighted by Crippen LogP contribution is 2.34. The van der Waals surface area contributed by atoms with Crippen LogP contribution >= 0.6 is 26.6 Å². The first-order chi connectivity index (χ1) is 10.1. The zero-order valence-corrected chi connectivity index (χ0v) is 14.5. The number of hydrogen-bond acceptors (Lipinski definition) is 6. The molecule has 0 aromatic carbocycles. The zero-order chi connectivity index (χ0) is 16.7. The Bertz CT molecular complexity index is 754. The van der Waals surface area contributed by atoms with Crippen molar-refractivity contribution in [3.05, 3.63) is 26.3 Å². The summed E-state index contributed by atoms with van der Waals surface area (Å²) in [5, 5.41) is 11.1. The van der Waals surface area contributed by atoms with Crippen molar-refractivity contribution < 1.29 is 18.1 Å². The van der Waals surface area contributed by atoms with Crippen molar-refractivity contribution in [2.75, 3.05) is 17.2 Å². The molecule has 0 bridgehead atoms. The summed E-state index contributed by atoms with van der Waals surface area (Å²) in [5.41, 5.74) is 0.169. The van der Waals surface area contributed by atoms with Crippen LogP contribution in [-0.4, -0.2) is 36.5 Å². The summed E-state index contributed by atoms with van der Waals surface area (Å²) < 4.78 is 22.7. The molecule has 2 heterocycles. The third-order valence-corrected chi connectivity index (χ3v) is 5.25. The number of hydrogen-bond donors (Lipinski definition) is 0. The first-order valence-electron chi connectivity index (χ1n) is 6.12. The molecule has 1 aliphatic heterocycles. The van der Waals surface area contributed by atoms with Gasteiger partial charge in [0.25, 0.3) is 0 Å². The molecule has 1 aromatic heterocycles. The van der Waals surface area contributed by atoms with Gasteiger partial charge in [0.15, 0.2) is 0 Å². The zero-order valence-electron chi connectivity index (χ0n) is 11.3. The van der Waals surface area contributed by atoms with E-state index < -0.39 is 25.8 Å². The first-order valence-corrected chi connectivity index (χ1v) is 9.40. The number of carbonyl (C=O) groups is 1. The number of aromatic nitrogens is 1. The van der Waals surface area contributed by atoms with Gasteiger partial charge in [-0.05, 0) is 22.9 Å². The second-order valence-corrected chi connectivity index (χ2v) is 8.61. The molecular formula is C11H11BrClN3O5S. The summed E-state index contributed by atoms with van der Waals surface area (Å²) in [6.45, 7) is 1.66. The van der Waals surface area contributed by atoms with Crippen LogP contribution < -0.4 is 4.90 Å². The van der Waals surface area contributed by atoms with Gasteiger partial charge in [0, 0.05) is 40.1 Å². The fourth-order valence-corrected chi connectivity index (χ4v) is 3.90. The Hall–Kier alpha value is -1.26. The van der Waals surface area contributed by atoms with Gasteiger partial charge in [0.2, 0.25) is 20.8 Å². The minimum atomic E-state index is -3.75. The van der Waals surface area contributed by atoms with Gasteiger partial charge < -0.3 is 0 Å². The molecule has 1 aliphatic rings. The van der Waals surface area contributed by atoms with E-state index in [2.05, 4.69) is 20.9 Å². The lowest BCUT2D eigenvalue weighted by Gasteiger charge is -2.16. The molecule has 11 heteroatoms. The van der Waals surface area contributed by atoms with Gasteiger partial charge in [-0.3, -0.25) is 19.8 Å². The highest BCUT2D eigenvalue weighted by molar-refractivity contribution is 9.10. The van der Waals surface area contributed by atoms with Gasteiger partial charge in [-0.15, -0.1) is 0 Å². The Kier molecular flexibility index (Phi) is 4.73. The Morgan fingerprint density at radius 3 is 2.77 bits per heavy atom. The Balaban J connectivity index is 2.38. The van der Waals surface area contributed by atoms with Crippen LogP contribution in [-0.2, 0) is 13.8 Å². The van der Waals surface area contributed by atoms with Crippen LogP contribution in [0.3, 0.4) is 0 Å². The molecule has 0 N–H and O–H groups in total. The topological polar surface area (TPSA) is 110 Å². The van der Waals surface area contributed by atoms with Crippen molar-refractivity contribution in [1.29, 1.82) is 0 Å². The predicted octanol–water partition coefficient (Wildman–Crippen LogP) is 1.98. The lowest BCUT2D eigenvalue weighted by Crippen LogP contribution is -2.27. The van der Waals surface area contributed by atoms with Crippen LogP contribution in [0.15, 0.2) is 10.5 Å². The number of nitrogens with zero attached hydrogens (tertiary/aromatic N) is 3. The van der Waals surface area contributed by atoms with Crippen molar-refractivity contribution >= 4 is 53.1 Å². The third-order valence-electron chi connectivity index (χ3n) is 3.20. The third kappa shape index (κ3) is 3.73. The van der Waals surface area contributed by atoms with Crippen LogP contribution in [0, 0.1) is 23.0 Å². The maximum absolute atomic E-state index is 12.1. The normalized spacial score (nSPS) is 18.8. The second-order valence-electron chi connectivity index (χ2n) is 4.94. The monoisotopic (exact) mass is 411 g/mol. The maximum Gasteiger partial charge on any atom is 0.313 e. The minimum Gasteiger partial charge on any atom is -0.291 e. The minimum absolute atomic E-state index is 0.0275. The Morgan fingerprint density at radius 2 is 2.23 bits per heavy atom. The molecule has 1 unspecified atom stereocenters. The summed E-state index contributed by atoms with van der Waals surface area (Å²) in [6, 6.07) is 1.27. The van der Waals surface area contributed by atoms with Crippen molar-refractivity contribution in [1.82, 2.24) is 4.98 Å². The van der Waals surface area contributed by atoms with Crippen LogP contribution in [0.1, 0.15) is 12.1 Å². The number of amides is 1. The van der Waals surface area contributed by atoms with Crippen molar-refractivity contribution in [2.45, 2.75) is 13.3 Å². The largest absolute Gasteiger partial charge is 0.313 e. The maximum atomic E-state index is 12.1. The summed E-state index contributed by atoms with van der Waals surface area (Å²) in [5.74, 6) is -1.37. The molecule has 8 nitrogen and oxygen atoms in total. The van der Waals surface area contributed by atoms with E-state index in [9.17, 15) is 23.3 Å². The highest BCUT2D eigenvalue weighted by Gasteiger charge is 2.37. The van der Waals surface area contributed by atoms with E-state index in [-0.39, 0.29) is 30.2 Å². The number of nitro groups is 1. The molecule has 120 valence electrons. The van der Waals surface area contributed by atoms with Crippen molar-refractivity contribution in [3.8, 4) is 0 Å². The molecule has 1 fully saturated rings. The predicted molar refractivity (Wildman–Crippen MR) is 83.4 cm³/mol. The number of aryl methyl sites for hydroxylation is 1. The lowest BCUT2D eigenvalue weighted by atomic mass is 10.1. The first kappa shape index (κ1) is 17.1. The van der Waals surface area contributed by atoms with Gasteiger partial charge in [0.1, 0.15) is 0 Å². The van der Waals surface area contributed by atoms with E-state index in [1.165, 1.54) is 6.07 Å². The molecule has 0 spiro atoms. The van der Waals surface area contributed by atoms with Crippen LogP contribution in [0.4, 0.5) is 11.5 Å². The fraction of sp³-hybridized carbons (Fsp3) is 0.455. The SMILES string of the molecule is Cc1nc(N2CC(CS(=O)(=O)Cl)CC2=O)c([N+](=O)[O-])cc1Br. The smallest absolute Gasteiger partial charge is 0.291 e. The molecule has 1 saturated heterocycles. The molecule has 0 saturated carbocycles. The molecule has 22 heavy (non-hydrogen) atoms. The summed E-state index contributed by atoms with van der Waals surface area (Å²) in [6.07, 6.45) is -0.0418. The van der Waals surface area contributed by atoms with E-state index >= 15 is 0 Å². The molecule has 1 amide bonds. The average molecular weight is 413 g/mol. The lowest BCUT2D eigenvalue weighted by molar-refractivity contribution is -0.384. The Morgan fingerprint density at radius 1 is 1.59 bits per heavy atom.